The number of guanidine groups is 1. The van der Waals surface area contributed by atoms with Crippen molar-refractivity contribution in [1.29, 1.82) is 0 Å². The summed E-state index contributed by atoms with van der Waals surface area (Å²) in [5, 5.41) is 0.696. The fourth-order valence-electron chi connectivity index (χ4n) is 2.16. The van der Waals surface area contributed by atoms with E-state index in [0.717, 1.165) is 19.4 Å². The Bertz CT molecular complexity index is 649. The van der Waals surface area contributed by atoms with Crippen LogP contribution in [0.15, 0.2) is 39.8 Å². The smallest absolute Gasteiger partial charge is 0.196 e. The normalized spacial score (nSPS) is 18.4. The summed E-state index contributed by atoms with van der Waals surface area (Å²) in [4.78, 5) is 7.48. The van der Waals surface area contributed by atoms with Crippen molar-refractivity contribution in [1.82, 2.24) is 0 Å². The van der Waals surface area contributed by atoms with Crippen LogP contribution in [-0.2, 0) is 0 Å². The van der Waals surface area contributed by atoms with Crippen molar-refractivity contribution in [3.63, 3.8) is 0 Å². The first-order chi connectivity index (χ1) is 9.56. The largest absolute Gasteiger partial charge is 0.369 e. The number of halogens is 3. The van der Waals surface area contributed by atoms with E-state index in [-0.39, 0.29) is 6.04 Å². The van der Waals surface area contributed by atoms with E-state index in [1.807, 2.05) is 35.2 Å². The number of nitrogens with two attached hydrogens (primary N) is 1. The summed E-state index contributed by atoms with van der Waals surface area (Å²) >= 11 is 17.0. The van der Waals surface area contributed by atoms with Gasteiger partial charge >= 0.3 is 0 Å². The van der Waals surface area contributed by atoms with Gasteiger partial charge in [0.25, 0.3) is 0 Å². The lowest BCUT2D eigenvalue weighted by Gasteiger charge is -2.25. The molecule has 1 aromatic carbocycles. The van der Waals surface area contributed by atoms with Crippen LogP contribution >= 0.6 is 50.5 Å². The molecule has 2 aromatic rings. The van der Waals surface area contributed by atoms with Gasteiger partial charge in [0, 0.05) is 20.1 Å². The highest BCUT2D eigenvalue weighted by molar-refractivity contribution is 9.10. The average molecular weight is 391 g/mol. The molecule has 1 aromatic heterocycles. The van der Waals surface area contributed by atoms with Gasteiger partial charge in [0.15, 0.2) is 5.96 Å². The molecule has 20 heavy (non-hydrogen) atoms. The molecule has 1 unspecified atom stereocenters. The zero-order chi connectivity index (χ0) is 14.3. The number of anilines is 1. The van der Waals surface area contributed by atoms with E-state index in [1.165, 1.54) is 11.3 Å². The van der Waals surface area contributed by atoms with Gasteiger partial charge in [0.05, 0.1) is 12.6 Å². The summed E-state index contributed by atoms with van der Waals surface area (Å²) < 4.78 is 1.64. The number of benzene rings is 1. The van der Waals surface area contributed by atoms with Gasteiger partial charge in [-0.15, -0.1) is 11.3 Å². The van der Waals surface area contributed by atoms with Crippen molar-refractivity contribution in [2.75, 3.05) is 11.4 Å². The first kappa shape index (κ1) is 14.2. The Labute approximate surface area is 139 Å². The van der Waals surface area contributed by atoms with Crippen LogP contribution in [0.4, 0.5) is 5.69 Å². The molecule has 3 nitrogen and oxygen atoms in total. The van der Waals surface area contributed by atoms with Crippen LogP contribution in [0.2, 0.25) is 9.36 Å². The molecule has 2 heterocycles. The van der Waals surface area contributed by atoms with Gasteiger partial charge in [0.2, 0.25) is 0 Å². The highest BCUT2D eigenvalue weighted by Gasteiger charge is 2.30. The number of thiophene rings is 1. The molecule has 0 fully saturated rings. The zero-order valence-corrected chi connectivity index (χ0v) is 14.1. The summed E-state index contributed by atoms with van der Waals surface area (Å²) in [6.07, 6.45) is 0. The highest BCUT2D eigenvalue weighted by Crippen LogP contribution is 2.40. The molecule has 7 heteroatoms. The second-order valence-electron chi connectivity index (χ2n) is 4.33. The highest BCUT2D eigenvalue weighted by atomic mass is 79.9. The van der Waals surface area contributed by atoms with Crippen molar-refractivity contribution < 1.29 is 0 Å². The second kappa shape index (κ2) is 5.56. The summed E-state index contributed by atoms with van der Waals surface area (Å²) in [5.74, 6) is 0.512. The zero-order valence-electron chi connectivity index (χ0n) is 10.2. The lowest BCUT2D eigenvalue weighted by molar-refractivity contribution is 0.784. The number of aliphatic imine (C=N–C) groups is 1. The van der Waals surface area contributed by atoms with Crippen LogP contribution in [0.1, 0.15) is 10.9 Å². The topological polar surface area (TPSA) is 41.6 Å². The summed E-state index contributed by atoms with van der Waals surface area (Å²) in [6, 6.07) is 9.66. The Morgan fingerprint density at radius 3 is 2.60 bits per heavy atom. The van der Waals surface area contributed by atoms with Crippen molar-refractivity contribution in [3.05, 3.63) is 49.0 Å². The minimum absolute atomic E-state index is 0.0741. The van der Waals surface area contributed by atoms with E-state index in [4.69, 9.17) is 28.9 Å². The van der Waals surface area contributed by atoms with E-state index in [1.54, 1.807) is 0 Å². The molecular weight excluding hydrogens is 381 g/mol. The predicted octanol–water partition coefficient (Wildman–Crippen LogP) is 4.69. The molecule has 0 spiro atoms. The fraction of sp³-hybridized carbons (Fsp3) is 0.154. The lowest BCUT2D eigenvalue weighted by Crippen LogP contribution is -2.35. The SMILES string of the molecule is NC1=NCC(c2cc(Br)c(Cl)s2)N1c1ccc(Cl)cc1. The standard InChI is InChI=1S/C13H10BrCl2N3S/c14-9-5-11(20-12(9)16)10-6-18-13(17)19(10)8-3-1-7(15)2-4-8/h1-5,10H,6H2,(H2,17,18). The van der Waals surface area contributed by atoms with Crippen LogP contribution in [0.3, 0.4) is 0 Å². The van der Waals surface area contributed by atoms with Crippen molar-refractivity contribution in [2.45, 2.75) is 6.04 Å². The van der Waals surface area contributed by atoms with E-state index in [9.17, 15) is 0 Å². The second-order valence-corrected chi connectivity index (χ2v) is 7.31. The van der Waals surface area contributed by atoms with E-state index in [0.29, 0.717) is 17.5 Å². The molecule has 104 valence electrons. The number of rotatable bonds is 2. The molecule has 0 saturated carbocycles. The molecule has 1 atom stereocenters. The Kier molecular flexibility index (Phi) is 3.95. The Hall–Kier alpha value is -0.750. The maximum absolute atomic E-state index is 6.13. The fourth-order valence-corrected chi connectivity index (χ4v) is 4.10. The van der Waals surface area contributed by atoms with Gasteiger partial charge in [-0.05, 0) is 46.3 Å². The molecule has 2 N–H and O–H groups in total. The van der Waals surface area contributed by atoms with Crippen LogP contribution in [0.25, 0.3) is 0 Å². The van der Waals surface area contributed by atoms with Crippen molar-refractivity contribution in [3.8, 4) is 0 Å². The number of hydrogen-bond acceptors (Lipinski definition) is 4. The van der Waals surface area contributed by atoms with Gasteiger partial charge in [-0.3, -0.25) is 4.99 Å². The predicted molar refractivity (Wildman–Crippen MR) is 90.2 cm³/mol. The van der Waals surface area contributed by atoms with Crippen LogP contribution in [-0.4, -0.2) is 12.5 Å². The minimum atomic E-state index is 0.0741. The summed E-state index contributed by atoms with van der Waals surface area (Å²) in [5.41, 5.74) is 7.00. The third-order valence-electron chi connectivity index (χ3n) is 3.08. The Morgan fingerprint density at radius 2 is 2.00 bits per heavy atom. The minimum Gasteiger partial charge on any atom is -0.369 e. The first-order valence-electron chi connectivity index (χ1n) is 5.85. The summed E-state index contributed by atoms with van der Waals surface area (Å²) in [6.45, 7) is 0.623. The van der Waals surface area contributed by atoms with Gasteiger partial charge in [-0.2, -0.15) is 0 Å². The van der Waals surface area contributed by atoms with Crippen molar-refractivity contribution in [2.24, 2.45) is 10.7 Å². The molecule has 1 aliphatic heterocycles. The van der Waals surface area contributed by atoms with Gasteiger partial charge in [-0.1, -0.05) is 23.2 Å². The molecule has 0 amide bonds. The number of nitrogens with zero attached hydrogens (tertiary/aromatic N) is 2. The summed E-state index contributed by atoms with van der Waals surface area (Å²) in [7, 11) is 0. The molecule has 0 aliphatic carbocycles. The first-order valence-corrected chi connectivity index (χ1v) is 8.22. The molecule has 0 radical (unpaired) electrons. The van der Waals surface area contributed by atoms with Gasteiger partial charge < -0.3 is 10.6 Å². The van der Waals surface area contributed by atoms with Crippen LogP contribution in [0.5, 0.6) is 0 Å². The third-order valence-corrected chi connectivity index (χ3v) is 5.91. The third kappa shape index (κ3) is 2.55. The maximum Gasteiger partial charge on any atom is 0.196 e. The number of hydrogen-bond donors (Lipinski definition) is 1. The van der Waals surface area contributed by atoms with Crippen LogP contribution in [0, 0.1) is 0 Å². The van der Waals surface area contributed by atoms with E-state index in [2.05, 4.69) is 20.9 Å². The maximum atomic E-state index is 6.13. The monoisotopic (exact) mass is 389 g/mol. The van der Waals surface area contributed by atoms with Crippen molar-refractivity contribution >= 4 is 62.1 Å². The lowest BCUT2D eigenvalue weighted by atomic mass is 10.2. The quantitative estimate of drug-likeness (QED) is 0.807. The molecule has 1 aliphatic rings. The van der Waals surface area contributed by atoms with E-state index < -0.39 is 0 Å². The molecular formula is C13H10BrCl2N3S. The molecule has 3 rings (SSSR count). The average Bonchev–Trinajstić information content (AvgIpc) is 2.95. The van der Waals surface area contributed by atoms with Gasteiger partial charge in [0.1, 0.15) is 4.34 Å². The Morgan fingerprint density at radius 1 is 1.30 bits per heavy atom. The van der Waals surface area contributed by atoms with Crippen LogP contribution < -0.4 is 10.6 Å². The van der Waals surface area contributed by atoms with E-state index >= 15 is 0 Å². The molecule has 0 saturated heterocycles. The molecule has 0 bridgehead atoms. The Balaban J connectivity index is 1.98. The van der Waals surface area contributed by atoms with Gasteiger partial charge in [-0.25, -0.2) is 0 Å².